The molecule has 8 nitrogen and oxygen atoms in total. The minimum atomic E-state index is -3.82. The summed E-state index contributed by atoms with van der Waals surface area (Å²) >= 11 is 1.38. The number of sulfone groups is 1. The van der Waals surface area contributed by atoms with E-state index in [4.69, 9.17) is 5.21 Å². The Hall–Kier alpha value is -2.82. The second kappa shape index (κ2) is 8.50. The number of rotatable bonds is 7. The van der Waals surface area contributed by atoms with E-state index in [1.165, 1.54) is 34.6 Å². The molecule has 1 amide bonds. The van der Waals surface area contributed by atoms with E-state index in [0.29, 0.717) is 0 Å². The van der Waals surface area contributed by atoms with Gasteiger partial charge < -0.3 is 4.57 Å². The van der Waals surface area contributed by atoms with Crippen molar-refractivity contribution in [3.8, 4) is 22.3 Å². The molecule has 1 aromatic carbocycles. The molecule has 2 heterocycles. The van der Waals surface area contributed by atoms with E-state index in [-0.39, 0.29) is 18.5 Å². The first-order valence-electron chi connectivity index (χ1n) is 9.00. The number of hydrogen-bond donors (Lipinski definition) is 2. The number of nitrogens with one attached hydrogen (secondary N) is 1. The molecule has 1 unspecified atom stereocenters. The summed E-state index contributed by atoms with van der Waals surface area (Å²) in [6.45, 7) is 1.22. The molecule has 2 aromatic heterocycles. The fraction of sp³-hybridized carbons (Fsp3) is 0.250. The van der Waals surface area contributed by atoms with Crippen LogP contribution in [-0.4, -0.2) is 39.5 Å². The van der Waals surface area contributed by atoms with Crippen molar-refractivity contribution < 1.29 is 18.4 Å². The molecular formula is C20H21N3O5S2. The van der Waals surface area contributed by atoms with Crippen LogP contribution >= 0.6 is 11.5 Å². The van der Waals surface area contributed by atoms with E-state index < -0.39 is 20.5 Å². The number of carbonyl (C=O) groups excluding carboxylic acids is 1. The maximum absolute atomic E-state index is 12.5. The number of aryl methyl sites for hydroxylation is 1. The summed E-state index contributed by atoms with van der Waals surface area (Å²) in [6.07, 6.45) is 4.11. The molecule has 0 aliphatic heterocycles. The predicted molar refractivity (Wildman–Crippen MR) is 115 cm³/mol. The smallest absolute Gasteiger partial charge is 0.264 e. The zero-order valence-electron chi connectivity index (χ0n) is 16.4. The van der Waals surface area contributed by atoms with Crippen LogP contribution in [0.1, 0.15) is 13.3 Å². The van der Waals surface area contributed by atoms with Crippen LogP contribution in [0.5, 0.6) is 0 Å². The third-order valence-electron chi connectivity index (χ3n) is 5.21. The van der Waals surface area contributed by atoms with Crippen LogP contribution in [0.15, 0.2) is 59.0 Å². The van der Waals surface area contributed by atoms with Gasteiger partial charge >= 0.3 is 0 Å². The van der Waals surface area contributed by atoms with Gasteiger partial charge in [0.15, 0.2) is 14.6 Å². The largest absolute Gasteiger partial charge is 0.315 e. The van der Waals surface area contributed by atoms with Crippen molar-refractivity contribution in [1.82, 2.24) is 14.4 Å². The Kier molecular flexibility index (Phi) is 6.20. The molecule has 3 aromatic rings. The van der Waals surface area contributed by atoms with E-state index in [9.17, 15) is 18.0 Å². The molecule has 10 heteroatoms. The van der Waals surface area contributed by atoms with Gasteiger partial charge in [-0.3, -0.25) is 14.8 Å². The SMILES string of the molecule is CC(CCn1ccc(-c2ccc(-c3cnsc3)cc2)cc1=O)(C(=O)NO)S(C)(=O)=O. The van der Waals surface area contributed by atoms with Gasteiger partial charge in [-0.2, -0.15) is 0 Å². The van der Waals surface area contributed by atoms with Crippen LogP contribution in [0.4, 0.5) is 0 Å². The Balaban J connectivity index is 1.80. The van der Waals surface area contributed by atoms with Crippen molar-refractivity contribution >= 4 is 27.3 Å². The zero-order chi connectivity index (χ0) is 21.9. The van der Waals surface area contributed by atoms with Gasteiger partial charge in [-0.25, -0.2) is 18.3 Å². The quantitative estimate of drug-likeness (QED) is 0.424. The van der Waals surface area contributed by atoms with E-state index in [1.54, 1.807) is 18.5 Å². The standard InChI is InChI=1S/C20H21N3O5S2/c1-20(19(25)22-26,30(2,27)28)8-10-23-9-7-16(11-18(23)24)14-3-5-15(6-4-14)17-12-21-29-13-17/h3-7,9,11-13,26H,8,10H2,1-2H3,(H,22,25). The predicted octanol–water partition coefficient (Wildman–Crippen LogP) is 2.34. The van der Waals surface area contributed by atoms with E-state index in [1.807, 2.05) is 29.6 Å². The van der Waals surface area contributed by atoms with E-state index in [2.05, 4.69) is 4.37 Å². The van der Waals surface area contributed by atoms with Crippen LogP contribution < -0.4 is 11.0 Å². The second-order valence-electron chi connectivity index (χ2n) is 7.13. The lowest BCUT2D eigenvalue weighted by Gasteiger charge is -2.25. The number of nitrogens with zero attached hydrogens (tertiary/aromatic N) is 2. The highest BCUT2D eigenvalue weighted by Crippen LogP contribution is 2.25. The monoisotopic (exact) mass is 447 g/mol. The number of aromatic nitrogens is 2. The van der Waals surface area contributed by atoms with Crippen LogP contribution in [0, 0.1) is 0 Å². The topological polar surface area (TPSA) is 118 Å². The fourth-order valence-corrected chi connectivity index (χ4v) is 4.38. The van der Waals surface area contributed by atoms with Crippen molar-refractivity contribution in [3.63, 3.8) is 0 Å². The molecule has 0 radical (unpaired) electrons. The molecule has 0 saturated carbocycles. The number of benzene rings is 1. The average molecular weight is 448 g/mol. The summed E-state index contributed by atoms with van der Waals surface area (Å²) in [5.41, 5.74) is 4.73. The minimum Gasteiger partial charge on any atom is -0.315 e. The number of pyridine rings is 1. The molecule has 0 saturated heterocycles. The minimum absolute atomic E-state index is 0.000196. The van der Waals surface area contributed by atoms with Crippen molar-refractivity contribution in [2.75, 3.05) is 6.26 Å². The highest BCUT2D eigenvalue weighted by Gasteiger charge is 2.43. The van der Waals surface area contributed by atoms with Gasteiger partial charge in [0, 0.05) is 42.2 Å². The average Bonchev–Trinajstić information content (AvgIpc) is 3.26. The Morgan fingerprint density at radius 3 is 2.30 bits per heavy atom. The van der Waals surface area contributed by atoms with Crippen molar-refractivity contribution in [2.45, 2.75) is 24.6 Å². The molecule has 158 valence electrons. The van der Waals surface area contributed by atoms with Crippen molar-refractivity contribution in [2.24, 2.45) is 0 Å². The third kappa shape index (κ3) is 4.35. The molecule has 0 fully saturated rings. The second-order valence-corrected chi connectivity index (χ2v) is 10.2. The summed E-state index contributed by atoms with van der Waals surface area (Å²) in [7, 11) is -3.82. The fourth-order valence-electron chi connectivity index (χ4n) is 2.99. The summed E-state index contributed by atoms with van der Waals surface area (Å²) < 4.78 is 27.7. The van der Waals surface area contributed by atoms with E-state index >= 15 is 0 Å². The van der Waals surface area contributed by atoms with Crippen LogP contribution in [-0.2, 0) is 21.2 Å². The van der Waals surface area contributed by atoms with Gasteiger partial charge in [0.1, 0.15) is 0 Å². The number of hydroxylamine groups is 1. The normalized spacial score (nSPS) is 13.6. The first-order valence-corrected chi connectivity index (χ1v) is 11.7. The van der Waals surface area contributed by atoms with Gasteiger partial charge in [0.2, 0.25) is 0 Å². The lowest BCUT2D eigenvalue weighted by atomic mass is 10.0. The molecule has 2 N–H and O–H groups in total. The Morgan fingerprint density at radius 2 is 1.80 bits per heavy atom. The summed E-state index contributed by atoms with van der Waals surface area (Å²) in [6, 6.07) is 11.0. The molecule has 0 aliphatic carbocycles. The molecule has 1 atom stereocenters. The van der Waals surface area contributed by atoms with Crippen LogP contribution in [0.3, 0.4) is 0 Å². The Labute approximate surface area is 177 Å². The first kappa shape index (κ1) is 21.9. The Bertz CT molecular complexity index is 1200. The maximum Gasteiger partial charge on any atom is 0.264 e. The van der Waals surface area contributed by atoms with Crippen LogP contribution in [0.2, 0.25) is 0 Å². The first-order chi connectivity index (χ1) is 14.2. The lowest BCUT2D eigenvalue weighted by Crippen LogP contribution is -2.49. The van der Waals surface area contributed by atoms with Crippen molar-refractivity contribution in [1.29, 1.82) is 0 Å². The van der Waals surface area contributed by atoms with E-state index in [0.717, 1.165) is 28.5 Å². The molecule has 3 rings (SSSR count). The number of hydrogen-bond acceptors (Lipinski definition) is 7. The van der Waals surface area contributed by atoms with Crippen LogP contribution in [0.25, 0.3) is 22.3 Å². The highest BCUT2D eigenvalue weighted by molar-refractivity contribution is 7.92. The third-order valence-corrected chi connectivity index (χ3v) is 7.82. The lowest BCUT2D eigenvalue weighted by molar-refractivity contribution is -0.131. The molecule has 0 bridgehead atoms. The maximum atomic E-state index is 12.5. The Morgan fingerprint density at radius 1 is 1.17 bits per heavy atom. The molecule has 0 aliphatic rings. The summed E-state index contributed by atoms with van der Waals surface area (Å²) in [5.74, 6) is -1.03. The summed E-state index contributed by atoms with van der Waals surface area (Å²) in [5, 5.41) is 10.8. The van der Waals surface area contributed by atoms with Crippen molar-refractivity contribution in [3.05, 3.63) is 64.5 Å². The highest BCUT2D eigenvalue weighted by atomic mass is 32.2. The molecular weight excluding hydrogens is 426 g/mol. The van der Waals surface area contributed by atoms with Gasteiger partial charge in [0.25, 0.3) is 11.5 Å². The van der Waals surface area contributed by atoms with Gasteiger partial charge in [-0.05, 0) is 47.6 Å². The van der Waals surface area contributed by atoms with Gasteiger partial charge in [-0.15, -0.1) is 0 Å². The molecule has 0 spiro atoms. The number of carbonyl (C=O) groups is 1. The van der Waals surface area contributed by atoms with Gasteiger partial charge in [0.05, 0.1) is 0 Å². The number of amides is 1. The molecule has 30 heavy (non-hydrogen) atoms. The van der Waals surface area contributed by atoms with Gasteiger partial charge in [-0.1, -0.05) is 24.3 Å². The summed E-state index contributed by atoms with van der Waals surface area (Å²) in [4.78, 5) is 24.4. The zero-order valence-corrected chi connectivity index (χ0v) is 18.0.